The van der Waals surface area contributed by atoms with Gasteiger partial charge in [0.05, 0.1) is 22.0 Å². The first-order valence-electron chi connectivity index (χ1n) is 8.35. The van der Waals surface area contributed by atoms with Crippen molar-refractivity contribution in [3.05, 3.63) is 46.4 Å². The van der Waals surface area contributed by atoms with Gasteiger partial charge in [-0.25, -0.2) is 8.42 Å². The molecule has 10 heteroatoms. The highest BCUT2D eigenvalue weighted by atomic mass is 35.5. The summed E-state index contributed by atoms with van der Waals surface area (Å²) < 4.78 is 36.5. The Morgan fingerprint density at radius 2 is 1.86 bits per heavy atom. The molecule has 2 aromatic carbocycles. The van der Waals surface area contributed by atoms with Crippen molar-refractivity contribution in [3.8, 4) is 11.5 Å². The van der Waals surface area contributed by atoms with Crippen LogP contribution in [-0.2, 0) is 14.8 Å². The Bertz CT molecular complexity index is 1010. The van der Waals surface area contributed by atoms with Gasteiger partial charge in [-0.1, -0.05) is 30.1 Å². The second-order valence-electron chi connectivity index (χ2n) is 6.14. The molecule has 1 atom stereocenters. The van der Waals surface area contributed by atoms with Crippen molar-refractivity contribution in [2.24, 2.45) is 0 Å². The molecule has 0 fully saturated rings. The normalized spacial score (nSPS) is 13.9. The molecule has 1 unspecified atom stereocenters. The van der Waals surface area contributed by atoms with E-state index in [9.17, 15) is 13.2 Å². The highest BCUT2D eigenvalue weighted by Crippen LogP contribution is 2.35. The summed E-state index contributed by atoms with van der Waals surface area (Å²) in [7, 11) is -3.78. The molecule has 1 heterocycles. The van der Waals surface area contributed by atoms with Crippen LogP contribution in [0.2, 0.25) is 10.0 Å². The molecule has 0 saturated carbocycles. The van der Waals surface area contributed by atoms with Gasteiger partial charge in [0.1, 0.15) is 6.04 Å². The lowest BCUT2D eigenvalue weighted by molar-refractivity contribution is -0.117. The molecule has 3 rings (SSSR count). The van der Waals surface area contributed by atoms with Crippen LogP contribution in [-0.4, -0.2) is 33.4 Å². The number of nitrogens with zero attached hydrogens (tertiary/aromatic N) is 1. The second-order valence-corrected chi connectivity index (χ2v) is 8.81. The number of hydrogen-bond donors (Lipinski definition) is 1. The molecule has 0 radical (unpaired) electrons. The minimum atomic E-state index is -3.78. The van der Waals surface area contributed by atoms with Crippen molar-refractivity contribution in [3.63, 3.8) is 0 Å². The maximum atomic E-state index is 12.9. The van der Waals surface area contributed by atoms with E-state index in [0.717, 1.165) is 10.6 Å². The zero-order valence-electron chi connectivity index (χ0n) is 15.1. The largest absolute Gasteiger partial charge is 0.454 e. The zero-order valence-corrected chi connectivity index (χ0v) is 17.4. The summed E-state index contributed by atoms with van der Waals surface area (Å²) in [6, 6.07) is 8.37. The molecule has 28 heavy (non-hydrogen) atoms. The first-order chi connectivity index (χ1) is 13.2. The predicted octanol–water partition coefficient (Wildman–Crippen LogP) is 3.91. The average Bonchev–Trinajstić information content (AvgIpc) is 3.08. The standard InChI is InChI=1S/C18H18Cl2N2O5S/c1-3-15(18(23)21-11-4-7-16-17(8-11)27-10-26-16)22(28(2,24)25)12-5-6-13(19)14(20)9-12/h4-9,15H,3,10H2,1-2H3,(H,21,23). The number of anilines is 2. The number of carbonyl (C=O) groups excluding carboxylic acids is 1. The molecule has 0 saturated heterocycles. The van der Waals surface area contributed by atoms with Crippen LogP contribution in [0, 0.1) is 0 Å². The van der Waals surface area contributed by atoms with E-state index in [1.165, 1.54) is 18.2 Å². The number of halogens is 2. The lowest BCUT2D eigenvalue weighted by atomic mass is 10.1. The van der Waals surface area contributed by atoms with Crippen LogP contribution >= 0.6 is 23.2 Å². The van der Waals surface area contributed by atoms with E-state index in [1.54, 1.807) is 25.1 Å². The summed E-state index contributed by atoms with van der Waals surface area (Å²) >= 11 is 12.0. The lowest BCUT2D eigenvalue weighted by Gasteiger charge is -2.30. The quantitative estimate of drug-likeness (QED) is 0.729. The molecular weight excluding hydrogens is 427 g/mol. The van der Waals surface area contributed by atoms with E-state index < -0.39 is 22.0 Å². The Kier molecular flexibility index (Phi) is 5.92. The van der Waals surface area contributed by atoms with Crippen LogP contribution in [0.3, 0.4) is 0 Å². The fourth-order valence-electron chi connectivity index (χ4n) is 2.88. The van der Waals surface area contributed by atoms with Crippen LogP contribution in [0.15, 0.2) is 36.4 Å². The SMILES string of the molecule is CCC(C(=O)Nc1ccc2c(c1)OCO2)N(c1ccc(Cl)c(Cl)c1)S(C)(=O)=O. The molecule has 150 valence electrons. The molecule has 0 aromatic heterocycles. The third-order valence-electron chi connectivity index (χ3n) is 4.13. The Hall–Kier alpha value is -2.16. The summed E-state index contributed by atoms with van der Waals surface area (Å²) in [6.45, 7) is 1.84. The van der Waals surface area contributed by atoms with E-state index in [-0.39, 0.29) is 28.9 Å². The Labute approximate surface area is 173 Å². The van der Waals surface area contributed by atoms with Crippen molar-refractivity contribution in [1.29, 1.82) is 0 Å². The molecular formula is C18H18Cl2N2O5S. The first-order valence-corrected chi connectivity index (χ1v) is 11.0. The number of carbonyl (C=O) groups is 1. The fourth-order valence-corrected chi connectivity index (χ4v) is 4.38. The summed E-state index contributed by atoms with van der Waals surface area (Å²) in [5, 5.41) is 3.21. The smallest absolute Gasteiger partial charge is 0.248 e. The van der Waals surface area contributed by atoms with Crippen molar-refractivity contribution in [2.75, 3.05) is 22.7 Å². The topological polar surface area (TPSA) is 84.9 Å². The van der Waals surface area contributed by atoms with Crippen molar-refractivity contribution >= 4 is 50.5 Å². The minimum Gasteiger partial charge on any atom is -0.454 e. The number of benzene rings is 2. The molecule has 0 bridgehead atoms. The van der Waals surface area contributed by atoms with Gasteiger partial charge in [0.15, 0.2) is 11.5 Å². The second kappa shape index (κ2) is 8.06. The number of ether oxygens (including phenoxy) is 2. The molecule has 1 N–H and O–H groups in total. The van der Waals surface area contributed by atoms with Crippen LogP contribution in [0.4, 0.5) is 11.4 Å². The van der Waals surface area contributed by atoms with Crippen molar-refractivity contribution in [2.45, 2.75) is 19.4 Å². The van der Waals surface area contributed by atoms with E-state index in [4.69, 9.17) is 32.7 Å². The van der Waals surface area contributed by atoms with Crippen LogP contribution < -0.4 is 19.1 Å². The summed E-state index contributed by atoms with van der Waals surface area (Å²) in [4.78, 5) is 12.9. The Balaban J connectivity index is 1.91. The highest BCUT2D eigenvalue weighted by molar-refractivity contribution is 7.92. The first kappa shape index (κ1) is 20.6. The molecule has 1 amide bonds. The lowest BCUT2D eigenvalue weighted by Crippen LogP contribution is -2.47. The number of sulfonamides is 1. The van der Waals surface area contributed by atoms with Gasteiger partial charge in [-0.05, 0) is 36.8 Å². The number of hydrogen-bond acceptors (Lipinski definition) is 5. The molecule has 2 aromatic rings. The monoisotopic (exact) mass is 444 g/mol. The molecule has 1 aliphatic heterocycles. The van der Waals surface area contributed by atoms with Crippen molar-refractivity contribution < 1.29 is 22.7 Å². The predicted molar refractivity (Wildman–Crippen MR) is 109 cm³/mol. The van der Waals surface area contributed by atoms with Crippen LogP contribution in [0.1, 0.15) is 13.3 Å². The number of fused-ring (bicyclic) bond motifs is 1. The molecule has 7 nitrogen and oxygen atoms in total. The molecule has 0 spiro atoms. The maximum absolute atomic E-state index is 12.9. The highest BCUT2D eigenvalue weighted by Gasteiger charge is 2.32. The maximum Gasteiger partial charge on any atom is 0.248 e. The third-order valence-corrected chi connectivity index (χ3v) is 6.05. The van der Waals surface area contributed by atoms with Gasteiger partial charge >= 0.3 is 0 Å². The van der Waals surface area contributed by atoms with Crippen LogP contribution in [0.25, 0.3) is 0 Å². The Morgan fingerprint density at radius 3 is 2.50 bits per heavy atom. The number of nitrogens with one attached hydrogen (secondary N) is 1. The fraction of sp³-hybridized carbons (Fsp3) is 0.278. The van der Waals surface area contributed by atoms with Gasteiger partial charge < -0.3 is 14.8 Å². The van der Waals surface area contributed by atoms with Gasteiger partial charge in [0.2, 0.25) is 22.7 Å². The molecule has 0 aliphatic carbocycles. The minimum absolute atomic E-state index is 0.115. The van der Waals surface area contributed by atoms with Gasteiger partial charge in [0.25, 0.3) is 0 Å². The van der Waals surface area contributed by atoms with E-state index in [1.807, 2.05) is 0 Å². The average molecular weight is 445 g/mol. The van der Waals surface area contributed by atoms with Gasteiger partial charge in [-0.3, -0.25) is 9.10 Å². The van der Waals surface area contributed by atoms with E-state index in [0.29, 0.717) is 17.2 Å². The van der Waals surface area contributed by atoms with E-state index in [2.05, 4.69) is 5.32 Å². The van der Waals surface area contributed by atoms with Crippen molar-refractivity contribution in [1.82, 2.24) is 0 Å². The molecule has 1 aliphatic rings. The Morgan fingerprint density at radius 1 is 1.14 bits per heavy atom. The summed E-state index contributed by atoms with van der Waals surface area (Å²) in [5.41, 5.74) is 0.722. The van der Waals surface area contributed by atoms with Crippen LogP contribution in [0.5, 0.6) is 11.5 Å². The zero-order chi connectivity index (χ0) is 20.5. The van der Waals surface area contributed by atoms with E-state index >= 15 is 0 Å². The van der Waals surface area contributed by atoms with Gasteiger partial charge in [-0.15, -0.1) is 0 Å². The van der Waals surface area contributed by atoms with Gasteiger partial charge in [0, 0.05) is 11.8 Å². The third kappa shape index (κ3) is 4.29. The summed E-state index contributed by atoms with van der Waals surface area (Å²) in [6.07, 6.45) is 1.27. The van der Waals surface area contributed by atoms with Gasteiger partial charge in [-0.2, -0.15) is 0 Å². The number of rotatable bonds is 6. The summed E-state index contributed by atoms with van der Waals surface area (Å²) in [5.74, 6) is 0.603. The number of amides is 1.